The van der Waals surface area contributed by atoms with E-state index < -0.39 is 0 Å². The van der Waals surface area contributed by atoms with Crippen LogP contribution in [0.3, 0.4) is 0 Å². The lowest BCUT2D eigenvalue weighted by Crippen LogP contribution is -2.39. The molecule has 5 heteroatoms. The van der Waals surface area contributed by atoms with Crippen molar-refractivity contribution in [3.63, 3.8) is 0 Å². The minimum atomic E-state index is -0.216. The molecular formula is C12H19ClN2O2. The fourth-order valence-electron chi connectivity index (χ4n) is 1.67. The highest BCUT2D eigenvalue weighted by Gasteiger charge is 2.21. The number of hydrogen-bond acceptors (Lipinski definition) is 3. The predicted octanol–water partition coefficient (Wildman–Crippen LogP) is 2.67. The van der Waals surface area contributed by atoms with Gasteiger partial charge in [-0.2, -0.15) is 0 Å². The predicted molar refractivity (Wildman–Crippen MR) is 67.4 cm³/mol. The Morgan fingerprint density at radius 1 is 1.47 bits per heavy atom. The van der Waals surface area contributed by atoms with Gasteiger partial charge in [0.25, 0.3) is 5.91 Å². The van der Waals surface area contributed by atoms with Gasteiger partial charge in [-0.05, 0) is 19.3 Å². The molecule has 1 heterocycles. The molecule has 1 N–H and O–H groups in total. The number of halogens is 1. The Labute approximate surface area is 107 Å². The van der Waals surface area contributed by atoms with E-state index in [4.69, 9.17) is 16.0 Å². The van der Waals surface area contributed by atoms with E-state index >= 15 is 0 Å². The molecular weight excluding hydrogens is 240 g/mol. The molecule has 1 unspecified atom stereocenters. The summed E-state index contributed by atoms with van der Waals surface area (Å²) in [7, 11) is 0. The van der Waals surface area contributed by atoms with Gasteiger partial charge >= 0.3 is 0 Å². The number of nitrogens with zero attached hydrogens (tertiary/aromatic N) is 1. The van der Waals surface area contributed by atoms with Crippen molar-refractivity contribution < 1.29 is 9.21 Å². The molecule has 0 bridgehead atoms. The van der Waals surface area contributed by atoms with E-state index in [2.05, 4.69) is 24.1 Å². The molecule has 4 nitrogen and oxygen atoms in total. The van der Waals surface area contributed by atoms with E-state index in [1.165, 1.54) is 0 Å². The van der Waals surface area contributed by atoms with Crippen molar-refractivity contribution in [3.8, 4) is 0 Å². The van der Waals surface area contributed by atoms with Gasteiger partial charge in [-0.3, -0.25) is 4.79 Å². The maximum Gasteiger partial charge on any atom is 0.289 e. The summed E-state index contributed by atoms with van der Waals surface area (Å²) in [5, 5.41) is 2.93. The van der Waals surface area contributed by atoms with Gasteiger partial charge in [0.15, 0.2) is 5.89 Å². The number of carbonyl (C=O) groups is 1. The van der Waals surface area contributed by atoms with Crippen LogP contribution in [0, 0.1) is 19.8 Å². The summed E-state index contributed by atoms with van der Waals surface area (Å²) < 4.78 is 5.28. The molecule has 17 heavy (non-hydrogen) atoms. The van der Waals surface area contributed by atoms with E-state index in [0.717, 1.165) is 6.42 Å². The highest BCUT2D eigenvalue weighted by molar-refractivity contribution is 6.17. The number of hydrogen-bond donors (Lipinski definition) is 1. The molecule has 1 aromatic rings. The number of carbonyl (C=O) groups excluding carboxylic acids is 1. The first kappa shape index (κ1) is 14.0. The van der Waals surface area contributed by atoms with Crippen molar-refractivity contribution in [2.45, 2.75) is 40.2 Å². The van der Waals surface area contributed by atoms with E-state index in [1.807, 2.05) is 0 Å². The van der Waals surface area contributed by atoms with Crippen molar-refractivity contribution >= 4 is 17.5 Å². The van der Waals surface area contributed by atoms with Crippen LogP contribution in [0.5, 0.6) is 0 Å². The number of aromatic nitrogens is 1. The molecule has 1 amide bonds. The zero-order valence-electron chi connectivity index (χ0n) is 10.7. The lowest BCUT2D eigenvalue weighted by atomic mass is 10.0. The molecule has 0 radical (unpaired) electrons. The van der Waals surface area contributed by atoms with Crippen LogP contribution >= 0.6 is 11.6 Å². The number of alkyl halides is 1. The van der Waals surface area contributed by atoms with Crippen LogP contribution in [0.2, 0.25) is 0 Å². The summed E-state index contributed by atoms with van der Waals surface area (Å²) in [5.41, 5.74) is 0.619. The molecule has 0 aromatic carbocycles. The lowest BCUT2D eigenvalue weighted by molar-refractivity contribution is 0.0894. The van der Waals surface area contributed by atoms with E-state index in [0.29, 0.717) is 29.1 Å². The molecule has 0 saturated heterocycles. The van der Waals surface area contributed by atoms with Crippen molar-refractivity contribution in [2.24, 2.45) is 5.92 Å². The summed E-state index contributed by atoms with van der Waals surface area (Å²) >= 11 is 5.72. The molecule has 0 aliphatic rings. The summed E-state index contributed by atoms with van der Waals surface area (Å²) in [6.07, 6.45) is 0.747. The Bertz CT molecular complexity index is 388. The Morgan fingerprint density at radius 2 is 2.12 bits per heavy atom. The summed E-state index contributed by atoms with van der Waals surface area (Å²) in [4.78, 5) is 16.1. The zero-order valence-corrected chi connectivity index (χ0v) is 11.5. The second-order valence-corrected chi connectivity index (χ2v) is 4.83. The van der Waals surface area contributed by atoms with Crippen LogP contribution in [0.25, 0.3) is 0 Å². The molecule has 0 fully saturated rings. The Morgan fingerprint density at radius 3 is 2.53 bits per heavy atom. The standard InChI is InChI=1S/C12H19ClN2O2/c1-7(2)10(5-6-13)15-12(16)11-8(3)14-9(4)17-11/h7,10H,5-6H2,1-4H3,(H,15,16). The van der Waals surface area contributed by atoms with E-state index in [9.17, 15) is 4.79 Å². The Balaban J connectivity index is 2.73. The van der Waals surface area contributed by atoms with Crippen molar-refractivity contribution in [1.29, 1.82) is 0 Å². The van der Waals surface area contributed by atoms with E-state index in [-0.39, 0.29) is 11.9 Å². The highest BCUT2D eigenvalue weighted by Crippen LogP contribution is 2.12. The molecule has 1 atom stereocenters. The van der Waals surface area contributed by atoms with E-state index in [1.54, 1.807) is 13.8 Å². The number of aryl methyl sites for hydroxylation is 2. The van der Waals surface area contributed by atoms with Gasteiger partial charge in [0, 0.05) is 18.8 Å². The second kappa shape index (κ2) is 6.05. The van der Waals surface area contributed by atoms with Crippen molar-refractivity contribution in [1.82, 2.24) is 10.3 Å². The molecule has 1 rings (SSSR count). The van der Waals surface area contributed by atoms with Crippen LogP contribution in [0.1, 0.15) is 42.4 Å². The maximum atomic E-state index is 12.0. The summed E-state index contributed by atoms with van der Waals surface area (Å²) in [6.45, 7) is 7.59. The van der Waals surface area contributed by atoms with Gasteiger partial charge in [-0.1, -0.05) is 13.8 Å². The largest absolute Gasteiger partial charge is 0.436 e. The van der Waals surface area contributed by atoms with Crippen LogP contribution in [0.15, 0.2) is 4.42 Å². The minimum Gasteiger partial charge on any atom is -0.436 e. The van der Waals surface area contributed by atoms with Gasteiger partial charge in [0.05, 0.1) is 5.69 Å². The quantitative estimate of drug-likeness (QED) is 0.826. The average Bonchev–Trinajstić information content (AvgIpc) is 2.57. The first-order chi connectivity index (χ1) is 7.95. The normalized spacial score (nSPS) is 12.8. The van der Waals surface area contributed by atoms with Gasteiger partial charge in [0.2, 0.25) is 5.76 Å². The van der Waals surface area contributed by atoms with Gasteiger partial charge in [-0.25, -0.2) is 4.98 Å². The molecule has 0 spiro atoms. The van der Waals surface area contributed by atoms with Gasteiger partial charge in [0.1, 0.15) is 0 Å². The fourth-order valence-corrected chi connectivity index (χ4v) is 1.90. The van der Waals surface area contributed by atoms with Crippen LogP contribution < -0.4 is 5.32 Å². The smallest absolute Gasteiger partial charge is 0.289 e. The molecule has 0 aliphatic carbocycles. The fraction of sp³-hybridized carbons (Fsp3) is 0.667. The first-order valence-corrected chi connectivity index (χ1v) is 6.30. The van der Waals surface area contributed by atoms with Crippen LogP contribution in [-0.4, -0.2) is 22.8 Å². The molecule has 0 saturated carbocycles. The van der Waals surface area contributed by atoms with Crippen LogP contribution in [-0.2, 0) is 0 Å². The summed E-state index contributed by atoms with van der Waals surface area (Å²) in [6, 6.07) is 0.0600. The molecule has 96 valence electrons. The third kappa shape index (κ3) is 3.73. The first-order valence-electron chi connectivity index (χ1n) is 5.76. The van der Waals surface area contributed by atoms with Crippen molar-refractivity contribution in [3.05, 3.63) is 17.3 Å². The molecule has 1 aromatic heterocycles. The maximum absolute atomic E-state index is 12.0. The third-order valence-electron chi connectivity index (χ3n) is 2.65. The van der Waals surface area contributed by atoms with Gasteiger partial charge < -0.3 is 9.73 Å². The lowest BCUT2D eigenvalue weighted by Gasteiger charge is -2.20. The number of rotatable bonds is 5. The topological polar surface area (TPSA) is 55.1 Å². The molecule has 0 aliphatic heterocycles. The van der Waals surface area contributed by atoms with Crippen LogP contribution in [0.4, 0.5) is 0 Å². The second-order valence-electron chi connectivity index (χ2n) is 4.45. The highest BCUT2D eigenvalue weighted by atomic mass is 35.5. The Kier molecular flexibility index (Phi) is 5.00. The zero-order chi connectivity index (χ0) is 13.0. The number of oxazole rings is 1. The average molecular weight is 259 g/mol. The Hall–Kier alpha value is -1.03. The summed E-state index contributed by atoms with van der Waals surface area (Å²) in [5.74, 6) is 1.44. The third-order valence-corrected chi connectivity index (χ3v) is 2.87. The monoisotopic (exact) mass is 258 g/mol. The number of amides is 1. The SMILES string of the molecule is Cc1nc(C)c(C(=O)NC(CCCl)C(C)C)o1. The van der Waals surface area contributed by atoms with Crippen molar-refractivity contribution in [2.75, 3.05) is 5.88 Å². The van der Waals surface area contributed by atoms with Gasteiger partial charge in [-0.15, -0.1) is 11.6 Å². The number of nitrogens with one attached hydrogen (secondary N) is 1. The minimum absolute atomic E-state index is 0.0600.